The van der Waals surface area contributed by atoms with Gasteiger partial charge < -0.3 is 31.1 Å². The second-order valence-corrected chi connectivity index (χ2v) is 5.87. The number of aliphatic hydroxyl groups is 3. The number of rotatable bonds is 5. The van der Waals surface area contributed by atoms with Crippen LogP contribution in [0.3, 0.4) is 0 Å². The summed E-state index contributed by atoms with van der Waals surface area (Å²) in [5.74, 6) is -0.978. The quantitative estimate of drug-likeness (QED) is 0.356. The summed E-state index contributed by atoms with van der Waals surface area (Å²) in [6, 6.07) is -1.44. The summed E-state index contributed by atoms with van der Waals surface area (Å²) >= 11 is 0.941. The summed E-state index contributed by atoms with van der Waals surface area (Å²) in [7, 11) is 1.21. The molecule has 0 saturated carbocycles. The summed E-state index contributed by atoms with van der Waals surface area (Å²) in [5, 5.41) is 30.4. The average Bonchev–Trinajstić information content (AvgIpc) is 2.46. The van der Waals surface area contributed by atoms with Gasteiger partial charge in [-0.05, 0) is 6.08 Å². The van der Waals surface area contributed by atoms with Gasteiger partial charge in [0.25, 0.3) is 0 Å². The van der Waals surface area contributed by atoms with Gasteiger partial charge in [-0.2, -0.15) is 0 Å². The lowest BCUT2D eigenvalue weighted by atomic mass is 9.97. The van der Waals surface area contributed by atoms with E-state index in [1.54, 1.807) is 0 Å². The van der Waals surface area contributed by atoms with Crippen LogP contribution in [0, 0.1) is 0 Å². The first kappa shape index (κ1) is 17.9. The first-order chi connectivity index (χ1) is 9.81. The summed E-state index contributed by atoms with van der Waals surface area (Å²) < 4.78 is 4.60. The van der Waals surface area contributed by atoms with E-state index >= 15 is 0 Å². The van der Waals surface area contributed by atoms with Gasteiger partial charge in [0.2, 0.25) is 5.91 Å². The summed E-state index contributed by atoms with van der Waals surface area (Å²) in [6.45, 7) is 0.639. The minimum absolute atomic E-state index is 0.181. The number of thioether (sulfide) groups is 1. The second kappa shape index (κ2) is 7.76. The van der Waals surface area contributed by atoms with Crippen LogP contribution in [0.2, 0.25) is 0 Å². The summed E-state index contributed by atoms with van der Waals surface area (Å²) in [4.78, 5) is 23.0. The number of hydrogen-bond donors (Lipinski definition) is 5. The number of carbonyl (C=O) groups excluding carboxylic acids is 2. The minimum atomic E-state index is -1.41. The fourth-order valence-electron chi connectivity index (χ4n) is 2.00. The first-order valence-corrected chi connectivity index (χ1v) is 7.16. The molecule has 21 heavy (non-hydrogen) atoms. The van der Waals surface area contributed by atoms with Gasteiger partial charge in [-0.15, -0.1) is 11.8 Å². The van der Waals surface area contributed by atoms with Gasteiger partial charge in [-0.25, -0.2) is 4.79 Å². The van der Waals surface area contributed by atoms with Crippen LogP contribution in [0.15, 0.2) is 11.0 Å². The van der Waals surface area contributed by atoms with E-state index in [0.29, 0.717) is 0 Å². The Kier molecular flexibility index (Phi) is 6.62. The van der Waals surface area contributed by atoms with Crippen molar-refractivity contribution in [2.24, 2.45) is 5.73 Å². The van der Waals surface area contributed by atoms with E-state index in [-0.39, 0.29) is 10.8 Å². The highest BCUT2D eigenvalue weighted by atomic mass is 32.2. The average molecular weight is 320 g/mol. The third kappa shape index (κ3) is 4.42. The largest absolute Gasteiger partial charge is 0.465 e. The third-order valence-corrected chi connectivity index (χ3v) is 4.45. The van der Waals surface area contributed by atoms with E-state index in [1.165, 1.54) is 20.1 Å². The Morgan fingerprint density at radius 2 is 2.14 bits per heavy atom. The minimum Gasteiger partial charge on any atom is -0.465 e. The molecule has 0 saturated heterocycles. The Bertz CT molecular complexity index is 430. The van der Waals surface area contributed by atoms with Crippen molar-refractivity contribution in [1.29, 1.82) is 0 Å². The van der Waals surface area contributed by atoms with Gasteiger partial charge in [-0.1, -0.05) is 0 Å². The van der Waals surface area contributed by atoms with Crippen LogP contribution in [-0.2, 0) is 14.3 Å². The Hall–Kier alpha value is -1.13. The van der Waals surface area contributed by atoms with E-state index in [0.717, 1.165) is 11.8 Å². The number of esters is 1. The van der Waals surface area contributed by atoms with Crippen LogP contribution in [0.4, 0.5) is 0 Å². The van der Waals surface area contributed by atoms with Crippen molar-refractivity contribution in [1.82, 2.24) is 5.32 Å². The monoisotopic (exact) mass is 320 g/mol. The highest BCUT2D eigenvalue weighted by Crippen LogP contribution is 2.34. The van der Waals surface area contributed by atoms with E-state index in [4.69, 9.17) is 10.8 Å². The molecule has 1 aliphatic rings. The molecule has 0 radical (unpaired) electrons. The van der Waals surface area contributed by atoms with Gasteiger partial charge in [0.15, 0.2) is 0 Å². The maximum Gasteiger partial charge on any atom is 0.344 e. The van der Waals surface area contributed by atoms with Crippen LogP contribution < -0.4 is 11.1 Å². The third-order valence-electron chi connectivity index (χ3n) is 3.05. The molecule has 8 nitrogen and oxygen atoms in total. The molecule has 0 fully saturated rings. The molecule has 0 bridgehead atoms. The zero-order valence-corrected chi connectivity index (χ0v) is 12.5. The molecule has 9 heteroatoms. The molecule has 0 aliphatic carbocycles. The second-order valence-electron chi connectivity index (χ2n) is 4.65. The van der Waals surface area contributed by atoms with Crippen molar-refractivity contribution >= 4 is 23.6 Å². The normalized spacial score (nSPS) is 28.3. The van der Waals surface area contributed by atoms with Crippen LogP contribution >= 0.6 is 11.8 Å². The smallest absolute Gasteiger partial charge is 0.344 e. The van der Waals surface area contributed by atoms with Gasteiger partial charge in [0.1, 0.15) is 6.10 Å². The number of aliphatic hydroxyl groups excluding tert-OH is 3. The topological polar surface area (TPSA) is 142 Å². The standard InChI is InChI=1S/C12H20N2O6S/c1-5(16)14-9-6(13)3-8(12(19)20-2)21-11(9)10(18)7(17)4-15/h3,6-7,9-11,15,17-18H,4,13H2,1-2H3,(H,14,16)/t6-,7+,9+,10+,11+/m0/s1. The van der Waals surface area contributed by atoms with Crippen molar-refractivity contribution in [3.8, 4) is 0 Å². The van der Waals surface area contributed by atoms with Gasteiger partial charge in [0.05, 0.1) is 36.0 Å². The van der Waals surface area contributed by atoms with E-state index in [1.807, 2.05) is 0 Å². The number of ether oxygens (including phenoxy) is 1. The molecule has 5 atom stereocenters. The van der Waals surface area contributed by atoms with Gasteiger partial charge in [0, 0.05) is 13.0 Å². The molecule has 1 aliphatic heterocycles. The summed E-state index contributed by atoms with van der Waals surface area (Å²) in [5.41, 5.74) is 5.91. The van der Waals surface area contributed by atoms with Crippen molar-refractivity contribution < 1.29 is 29.6 Å². The van der Waals surface area contributed by atoms with Crippen LogP contribution in [0.5, 0.6) is 0 Å². The maximum atomic E-state index is 11.6. The highest BCUT2D eigenvalue weighted by molar-refractivity contribution is 8.04. The lowest BCUT2D eigenvalue weighted by Gasteiger charge is -2.38. The van der Waals surface area contributed by atoms with Crippen molar-refractivity contribution in [3.05, 3.63) is 11.0 Å². The van der Waals surface area contributed by atoms with E-state index in [2.05, 4.69) is 10.1 Å². The Labute approximate surface area is 126 Å². The van der Waals surface area contributed by atoms with Gasteiger partial charge >= 0.3 is 5.97 Å². The van der Waals surface area contributed by atoms with Crippen LogP contribution in [0.1, 0.15) is 6.92 Å². The van der Waals surface area contributed by atoms with Crippen molar-refractivity contribution in [2.75, 3.05) is 13.7 Å². The Morgan fingerprint density at radius 3 is 2.62 bits per heavy atom. The molecule has 6 N–H and O–H groups in total. The van der Waals surface area contributed by atoms with Crippen molar-refractivity contribution in [3.63, 3.8) is 0 Å². The maximum absolute atomic E-state index is 11.6. The molecule has 120 valence electrons. The fourth-order valence-corrected chi connectivity index (χ4v) is 3.42. The number of carbonyl (C=O) groups is 2. The molecular weight excluding hydrogens is 300 g/mol. The number of hydrogen-bond acceptors (Lipinski definition) is 8. The molecule has 0 spiro atoms. The Balaban J connectivity index is 3.05. The number of methoxy groups -OCH3 is 1. The molecule has 0 aromatic rings. The van der Waals surface area contributed by atoms with E-state index < -0.39 is 42.1 Å². The molecule has 1 heterocycles. The Morgan fingerprint density at radius 1 is 1.52 bits per heavy atom. The molecule has 0 aromatic carbocycles. The fraction of sp³-hybridized carbons (Fsp3) is 0.667. The SMILES string of the molecule is COC(=O)C1=C[C@H](N)[C@@H](NC(C)=O)[C@H]([C@H](O)[C@H](O)CO)S1. The highest BCUT2D eigenvalue weighted by Gasteiger charge is 2.41. The lowest BCUT2D eigenvalue weighted by Crippen LogP contribution is -2.59. The molecule has 1 amide bonds. The van der Waals surface area contributed by atoms with Crippen LogP contribution in [-0.4, -0.2) is 70.5 Å². The molecular formula is C12H20N2O6S. The number of amides is 1. The molecule has 0 unspecified atom stereocenters. The van der Waals surface area contributed by atoms with Crippen molar-refractivity contribution in [2.45, 2.75) is 36.5 Å². The summed E-state index contributed by atoms with van der Waals surface area (Å²) in [6.07, 6.45) is -1.36. The van der Waals surface area contributed by atoms with Crippen LogP contribution in [0.25, 0.3) is 0 Å². The zero-order chi connectivity index (χ0) is 16.2. The predicted octanol–water partition coefficient (Wildman–Crippen LogP) is -2.30. The molecule has 1 rings (SSSR count). The van der Waals surface area contributed by atoms with E-state index in [9.17, 15) is 19.8 Å². The lowest BCUT2D eigenvalue weighted by molar-refractivity contribution is -0.135. The zero-order valence-electron chi connectivity index (χ0n) is 11.7. The number of nitrogens with one attached hydrogen (secondary N) is 1. The first-order valence-electron chi connectivity index (χ1n) is 6.28. The van der Waals surface area contributed by atoms with Gasteiger partial charge in [-0.3, -0.25) is 4.79 Å². The predicted molar refractivity (Wildman–Crippen MR) is 76.2 cm³/mol. The molecule has 0 aromatic heterocycles. The number of nitrogens with two attached hydrogens (primary N) is 1.